The monoisotopic (exact) mass is 261 g/mol. The fourth-order valence-corrected chi connectivity index (χ4v) is 1.76. The summed E-state index contributed by atoms with van der Waals surface area (Å²) in [6.45, 7) is 0.504. The van der Waals surface area contributed by atoms with Gasteiger partial charge in [0.15, 0.2) is 0 Å². The molecule has 0 fully saturated rings. The molecule has 4 heteroatoms. The zero-order valence-electron chi connectivity index (χ0n) is 7.97. The molecule has 0 aromatic heterocycles. The van der Waals surface area contributed by atoms with Crippen molar-refractivity contribution in [2.24, 2.45) is 5.73 Å². The van der Waals surface area contributed by atoms with E-state index < -0.39 is 0 Å². The third-order valence-electron chi connectivity index (χ3n) is 1.88. The van der Waals surface area contributed by atoms with E-state index in [4.69, 9.17) is 10.5 Å². The second-order valence-corrected chi connectivity index (χ2v) is 4.01. The molecule has 1 aromatic carbocycles. The molecular weight excluding hydrogens is 249 g/mol. The minimum absolute atomic E-state index is 0.0539. The number of benzene rings is 1. The van der Waals surface area contributed by atoms with Crippen molar-refractivity contribution >= 4 is 15.9 Å². The Morgan fingerprint density at radius 3 is 2.86 bits per heavy atom. The maximum atomic E-state index is 12.7. The lowest BCUT2D eigenvalue weighted by atomic mass is 10.1. The van der Waals surface area contributed by atoms with Crippen molar-refractivity contribution in [1.29, 1.82) is 0 Å². The highest BCUT2D eigenvalue weighted by atomic mass is 79.9. The van der Waals surface area contributed by atoms with E-state index in [1.807, 2.05) is 0 Å². The van der Waals surface area contributed by atoms with Gasteiger partial charge in [0.05, 0.1) is 6.61 Å². The van der Waals surface area contributed by atoms with Crippen LogP contribution in [0.3, 0.4) is 0 Å². The summed E-state index contributed by atoms with van der Waals surface area (Å²) in [4.78, 5) is 0. The molecule has 1 atom stereocenters. The number of rotatable bonds is 4. The van der Waals surface area contributed by atoms with Crippen LogP contribution in [0.4, 0.5) is 4.39 Å². The smallest absolute Gasteiger partial charge is 0.124 e. The molecule has 2 N–H and O–H groups in total. The predicted molar refractivity (Wildman–Crippen MR) is 57.7 cm³/mol. The molecule has 78 valence electrons. The minimum Gasteiger partial charge on any atom is -0.383 e. The van der Waals surface area contributed by atoms with E-state index >= 15 is 0 Å². The topological polar surface area (TPSA) is 35.2 Å². The van der Waals surface area contributed by atoms with Crippen LogP contribution in [0, 0.1) is 5.82 Å². The number of methoxy groups -OCH3 is 1. The van der Waals surface area contributed by atoms with Crippen LogP contribution in [-0.4, -0.2) is 19.8 Å². The Bertz CT molecular complexity index is 306. The lowest BCUT2D eigenvalue weighted by Crippen LogP contribution is -2.28. The molecule has 0 amide bonds. The molecule has 0 bridgehead atoms. The molecule has 1 rings (SSSR count). The van der Waals surface area contributed by atoms with Crippen molar-refractivity contribution in [3.63, 3.8) is 0 Å². The normalized spacial score (nSPS) is 12.9. The van der Waals surface area contributed by atoms with Crippen LogP contribution in [0.5, 0.6) is 0 Å². The van der Waals surface area contributed by atoms with Crippen LogP contribution >= 0.6 is 15.9 Å². The van der Waals surface area contributed by atoms with Gasteiger partial charge in [-0.1, -0.05) is 22.0 Å². The maximum absolute atomic E-state index is 12.7. The van der Waals surface area contributed by atoms with Crippen molar-refractivity contribution in [1.82, 2.24) is 0 Å². The Balaban J connectivity index is 2.67. The van der Waals surface area contributed by atoms with Crippen LogP contribution in [0.2, 0.25) is 0 Å². The number of hydrogen-bond acceptors (Lipinski definition) is 2. The van der Waals surface area contributed by atoms with Crippen LogP contribution in [0.15, 0.2) is 22.7 Å². The molecule has 2 nitrogen and oxygen atoms in total. The van der Waals surface area contributed by atoms with Gasteiger partial charge in [-0.2, -0.15) is 0 Å². The standard InChI is InChI=1S/C10H13BrFNO/c1-14-6-9(13)4-7-2-3-8(12)5-10(7)11/h2-3,5,9H,4,6,13H2,1H3. The largest absolute Gasteiger partial charge is 0.383 e. The molecule has 0 radical (unpaired) electrons. The van der Waals surface area contributed by atoms with Gasteiger partial charge in [-0.25, -0.2) is 4.39 Å². The van der Waals surface area contributed by atoms with Crippen molar-refractivity contribution in [3.8, 4) is 0 Å². The van der Waals surface area contributed by atoms with Crippen molar-refractivity contribution < 1.29 is 9.13 Å². The highest BCUT2D eigenvalue weighted by molar-refractivity contribution is 9.10. The molecule has 0 spiro atoms. The van der Waals surface area contributed by atoms with Gasteiger partial charge in [0.1, 0.15) is 5.82 Å². The summed E-state index contributed by atoms with van der Waals surface area (Å²) in [7, 11) is 1.61. The van der Waals surface area contributed by atoms with E-state index in [-0.39, 0.29) is 11.9 Å². The first-order valence-electron chi connectivity index (χ1n) is 4.32. The van der Waals surface area contributed by atoms with Crippen molar-refractivity contribution in [2.75, 3.05) is 13.7 Å². The first kappa shape index (κ1) is 11.6. The SMILES string of the molecule is COCC(N)Cc1ccc(F)cc1Br. The summed E-state index contributed by atoms with van der Waals surface area (Å²) >= 11 is 3.29. The molecule has 0 aliphatic carbocycles. The Morgan fingerprint density at radius 1 is 1.57 bits per heavy atom. The number of nitrogens with two attached hydrogens (primary N) is 1. The lowest BCUT2D eigenvalue weighted by molar-refractivity contribution is 0.180. The third kappa shape index (κ3) is 3.36. The molecule has 0 saturated carbocycles. The molecule has 0 heterocycles. The van der Waals surface area contributed by atoms with Gasteiger partial charge < -0.3 is 10.5 Å². The van der Waals surface area contributed by atoms with Gasteiger partial charge >= 0.3 is 0 Å². The number of ether oxygens (including phenoxy) is 1. The number of halogens is 2. The van der Waals surface area contributed by atoms with E-state index in [1.54, 1.807) is 13.2 Å². The molecular formula is C10H13BrFNO. The molecule has 1 unspecified atom stereocenters. The summed E-state index contributed by atoms with van der Waals surface area (Å²) in [6, 6.07) is 4.55. The Kier molecular flexibility index (Phi) is 4.51. The zero-order chi connectivity index (χ0) is 10.6. The third-order valence-corrected chi connectivity index (χ3v) is 2.62. The average molecular weight is 262 g/mol. The van der Waals surface area contributed by atoms with E-state index in [9.17, 15) is 4.39 Å². The van der Waals surface area contributed by atoms with Crippen LogP contribution in [0.25, 0.3) is 0 Å². The van der Waals surface area contributed by atoms with Gasteiger partial charge in [-0.15, -0.1) is 0 Å². The van der Waals surface area contributed by atoms with Crippen LogP contribution < -0.4 is 5.73 Å². The van der Waals surface area contributed by atoms with E-state index in [1.165, 1.54) is 12.1 Å². The lowest BCUT2D eigenvalue weighted by Gasteiger charge is -2.11. The molecule has 0 saturated heterocycles. The molecule has 1 aromatic rings. The van der Waals surface area contributed by atoms with Gasteiger partial charge in [0.2, 0.25) is 0 Å². The molecule has 0 aliphatic heterocycles. The summed E-state index contributed by atoms with van der Waals surface area (Å²) in [5.41, 5.74) is 6.78. The Hall–Kier alpha value is -0.450. The average Bonchev–Trinajstić information content (AvgIpc) is 2.10. The van der Waals surface area contributed by atoms with E-state index in [0.29, 0.717) is 13.0 Å². The predicted octanol–water partition coefficient (Wildman–Crippen LogP) is 2.10. The zero-order valence-corrected chi connectivity index (χ0v) is 9.55. The highest BCUT2D eigenvalue weighted by Crippen LogP contribution is 2.19. The van der Waals surface area contributed by atoms with Gasteiger partial charge in [-0.3, -0.25) is 0 Å². The minimum atomic E-state index is -0.249. The fraction of sp³-hybridized carbons (Fsp3) is 0.400. The van der Waals surface area contributed by atoms with Gasteiger partial charge in [-0.05, 0) is 24.1 Å². The van der Waals surface area contributed by atoms with Crippen LogP contribution in [-0.2, 0) is 11.2 Å². The summed E-state index contributed by atoms with van der Waals surface area (Å²) in [5, 5.41) is 0. The molecule has 14 heavy (non-hydrogen) atoms. The first-order chi connectivity index (χ1) is 6.63. The maximum Gasteiger partial charge on any atom is 0.124 e. The second kappa shape index (κ2) is 5.44. The summed E-state index contributed by atoms with van der Waals surface area (Å²) in [5.74, 6) is -0.249. The Labute approximate surface area is 91.4 Å². The van der Waals surface area contributed by atoms with Crippen LogP contribution in [0.1, 0.15) is 5.56 Å². The van der Waals surface area contributed by atoms with E-state index in [2.05, 4.69) is 15.9 Å². The summed E-state index contributed by atoms with van der Waals surface area (Å²) in [6.07, 6.45) is 0.675. The molecule has 0 aliphatic rings. The quantitative estimate of drug-likeness (QED) is 0.901. The highest BCUT2D eigenvalue weighted by Gasteiger charge is 2.07. The van der Waals surface area contributed by atoms with Crippen molar-refractivity contribution in [2.45, 2.75) is 12.5 Å². The van der Waals surface area contributed by atoms with E-state index in [0.717, 1.165) is 10.0 Å². The van der Waals surface area contributed by atoms with Gasteiger partial charge in [0.25, 0.3) is 0 Å². The first-order valence-corrected chi connectivity index (χ1v) is 5.11. The van der Waals surface area contributed by atoms with Crippen molar-refractivity contribution in [3.05, 3.63) is 34.1 Å². The fourth-order valence-electron chi connectivity index (χ4n) is 1.24. The second-order valence-electron chi connectivity index (χ2n) is 3.16. The Morgan fingerprint density at radius 2 is 2.29 bits per heavy atom. The van der Waals surface area contributed by atoms with Gasteiger partial charge in [0, 0.05) is 17.6 Å². The summed E-state index contributed by atoms with van der Waals surface area (Å²) < 4.78 is 18.4. The number of hydrogen-bond donors (Lipinski definition) is 1.